The molecule has 1 heterocycles. The predicted molar refractivity (Wildman–Crippen MR) is 96.5 cm³/mol. The summed E-state index contributed by atoms with van der Waals surface area (Å²) < 4.78 is 1.89. The zero-order chi connectivity index (χ0) is 17.8. The maximum absolute atomic E-state index is 12.4. The Balaban J connectivity index is 1.61. The molecule has 0 radical (unpaired) electrons. The van der Waals surface area contributed by atoms with Crippen LogP contribution in [0.25, 0.3) is 0 Å². The first-order chi connectivity index (χ1) is 12.0. The molecule has 1 aliphatic carbocycles. The molecule has 2 amide bonds. The molecule has 2 aromatic rings. The van der Waals surface area contributed by atoms with Crippen molar-refractivity contribution in [2.75, 3.05) is 5.32 Å². The van der Waals surface area contributed by atoms with Crippen LogP contribution in [0.4, 0.5) is 5.82 Å². The number of carbonyl (C=O) groups is 2. The van der Waals surface area contributed by atoms with Gasteiger partial charge in [-0.3, -0.25) is 9.59 Å². The molecule has 0 saturated heterocycles. The van der Waals surface area contributed by atoms with Gasteiger partial charge in [0.25, 0.3) is 5.91 Å². The minimum atomic E-state index is -0.639. The molecule has 1 aromatic carbocycles. The normalized spacial score (nSPS) is 15.8. The summed E-state index contributed by atoms with van der Waals surface area (Å²) in [5.41, 5.74) is 1.56. The van der Waals surface area contributed by atoms with Crippen LogP contribution in [0, 0.1) is 6.92 Å². The van der Waals surface area contributed by atoms with Crippen LogP contribution < -0.4 is 10.6 Å². The number of aryl methyl sites for hydroxylation is 1. The molecular formula is C19H24N4O2. The molecule has 1 aromatic heterocycles. The van der Waals surface area contributed by atoms with Crippen LogP contribution in [0.3, 0.4) is 0 Å². The van der Waals surface area contributed by atoms with Gasteiger partial charge in [-0.2, -0.15) is 5.10 Å². The van der Waals surface area contributed by atoms with E-state index in [1.54, 1.807) is 31.3 Å². The van der Waals surface area contributed by atoms with Crippen molar-refractivity contribution in [3.63, 3.8) is 0 Å². The van der Waals surface area contributed by atoms with Gasteiger partial charge in [0, 0.05) is 11.6 Å². The third kappa shape index (κ3) is 4.07. The zero-order valence-electron chi connectivity index (χ0n) is 14.7. The van der Waals surface area contributed by atoms with Crippen molar-refractivity contribution < 1.29 is 9.59 Å². The van der Waals surface area contributed by atoms with E-state index in [0.717, 1.165) is 18.4 Å². The highest BCUT2D eigenvalue weighted by Crippen LogP contribution is 2.31. The van der Waals surface area contributed by atoms with Gasteiger partial charge in [0.2, 0.25) is 5.91 Å². The first-order valence-corrected chi connectivity index (χ1v) is 8.76. The molecule has 3 rings (SSSR count). The van der Waals surface area contributed by atoms with Crippen LogP contribution in [-0.2, 0) is 4.79 Å². The second-order valence-corrected chi connectivity index (χ2v) is 6.65. The summed E-state index contributed by atoms with van der Waals surface area (Å²) in [6, 6.07) is 8.80. The van der Waals surface area contributed by atoms with Crippen molar-refractivity contribution in [1.82, 2.24) is 15.1 Å². The lowest BCUT2D eigenvalue weighted by atomic mass is 10.1. The summed E-state index contributed by atoms with van der Waals surface area (Å²) >= 11 is 0. The van der Waals surface area contributed by atoms with Crippen LogP contribution in [0.15, 0.2) is 36.5 Å². The fourth-order valence-electron chi connectivity index (χ4n) is 3.22. The Bertz CT molecular complexity index is 762. The van der Waals surface area contributed by atoms with E-state index in [1.165, 1.54) is 12.8 Å². The fourth-order valence-corrected chi connectivity index (χ4v) is 3.22. The van der Waals surface area contributed by atoms with E-state index in [-0.39, 0.29) is 11.8 Å². The molecule has 1 aliphatic rings. The lowest BCUT2D eigenvalue weighted by Gasteiger charge is -2.17. The Hall–Kier alpha value is -2.63. The van der Waals surface area contributed by atoms with Gasteiger partial charge >= 0.3 is 0 Å². The average molecular weight is 340 g/mol. The van der Waals surface area contributed by atoms with Gasteiger partial charge in [-0.05, 0) is 38.8 Å². The third-order valence-corrected chi connectivity index (χ3v) is 4.61. The lowest BCUT2D eigenvalue weighted by molar-refractivity contribution is -0.117. The molecule has 0 spiro atoms. The predicted octanol–water partition coefficient (Wildman–Crippen LogP) is 3.06. The number of hydrogen-bond donors (Lipinski definition) is 2. The number of nitrogens with one attached hydrogen (secondary N) is 2. The van der Waals surface area contributed by atoms with E-state index < -0.39 is 6.04 Å². The van der Waals surface area contributed by atoms with Crippen molar-refractivity contribution in [3.8, 4) is 0 Å². The Morgan fingerprint density at radius 2 is 2.00 bits per heavy atom. The Morgan fingerprint density at radius 1 is 1.24 bits per heavy atom. The number of benzene rings is 1. The Morgan fingerprint density at radius 3 is 2.72 bits per heavy atom. The summed E-state index contributed by atoms with van der Waals surface area (Å²) in [5, 5.41) is 9.97. The standard InChI is InChI=1S/C19H24N4O2/c1-13-6-5-7-15(12-13)19(25)21-14(2)18(24)22-17-10-11-20-23(17)16-8-3-4-9-16/h5-7,10-12,14,16H,3-4,8-9H2,1-2H3,(H,21,25)(H,22,24)/t14-/m0/s1. The number of amides is 2. The summed E-state index contributed by atoms with van der Waals surface area (Å²) in [6.45, 7) is 3.61. The molecule has 2 N–H and O–H groups in total. The van der Waals surface area contributed by atoms with E-state index in [9.17, 15) is 9.59 Å². The third-order valence-electron chi connectivity index (χ3n) is 4.61. The van der Waals surface area contributed by atoms with Gasteiger partial charge in [-0.25, -0.2) is 4.68 Å². The van der Waals surface area contributed by atoms with Crippen molar-refractivity contribution in [2.24, 2.45) is 0 Å². The number of anilines is 1. The first kappa shape index (κ1) is 17.2. The quantitative estimate of drug-likeness (QED) is 0.878. The molecule has 0 aliphatic heterocycles. The van der Waals surface area contributed by atoms with Crippen molar-refractivity contribution in [3.05, 3.63) is 47.7 Å². The minimum absolute atomic E-state index is 0.249. The van der Waals surface area contributed by atoms with Gasteiger partial charge in [0.1, 0.15) is 11.9 Å². The van der Waals surface area contributed by atoms with Gasteiger partial charge in [0.05, 0.1) is 12.2 Å². The number of rotatable bonds is 5. The smallest absolute Gasteiger partial charge is 0.251 e. The second kappa shape index (κ2) is 7.51. The molecule has 1 fully saturated rings. The number of hydrogen-bond acceptors (Lipinski definition) is 3. The lowest BCUT2D eigenvalue weighted by Crippen LogP contribution is -2.42. The maximum Gasteiger partial charge on any atom is 0.251 e. The Kier molecular flexibility index (Phi) is 5.16. The highest BCUT2D eigenvalue weighted by atomic mass is 16.2. The van der Waals surface area contributed by atoms with Gasteiger partial charge < -0.3 is 10.6 Å². The van der Waals surface area contributed by atoms with Crippen LogP contribution in [-0.4, -0.2) is 27.6 Å². The summed E-state index contributed by atoms with van der Waals surface area (Å²) in [6.07, 6.45) is 6.26. The highest BCUT2D eigenvalue weighted by Gasteiger charge is 2.22. The van der Waals surface area contributed by atoms with Gasteiger partial charge in [-0.15, -0.1) is 0 Å². The largest absolute Gasteiger partial charge is 0.341 e. The van der Waals surface area contributed by atoms with Crippen molar-refractivity contribution >= 4 is 17.6 Å². The molecule has 25 heavy (non-hydrogen) atoms. The summed E-state index contributed by atoms with van der Waals surface area (Å²) in [7, 11) is 0. The monoisotopic (exact) mass is 340 g/mol. The van der Waals surface area contributed by atoms with Gasteiger partial charge in [0.15, 0.2) is 0 Å². The van der Waals surface area contributed by atoms with E-state index >= 15 is 0 Å². The van der Waals surface area contributed by atoms with E-state index in [0.29, 0.717) is 17.4 Å². The topological polar surface area (TPSA) is 76.0 Å². The van der Waals surface area contributed by atoms with Crippen LogP contribution in [0.2, 0.25) is 0 Å². The SMILES string of the molecule is Cc1cccc(C(=O)N[C@@H](C)C(=O)Nc2ccnn2C2CCCC2)c1. The fraction of sp³-hybridized carbons (Fsp3) is 0.421. The average Bonchev–Trinajstić information content (AvgIpc) is 3.25. The van der Waals surface area contributed by atoms with E-state index in [1.807, 2.05) is 23.7 Å². The molecule has 6 heteroatoms. The molecule has 6 nitrogen and oxygen atoms in total. The summed E-state index contributed by atoms with van der Waals surface area (Å²) in [5.74, 6) is 0.185. The molecule has 1 saturated carbocycles. The molecular weight excluding hydrogens is 316 g/mol. The van der Waals surface area contributed by atoms with Crippen molar-refractivity contribution in [2.45, 2.75) is 51.6 Å². The zero-order valence-corrected chi connectivity index (χ0v) is 14.7. The number of aromatic nitrogens is 2. The van der Waals surface area contributed by atoms with Crippen LogP contribution in [0.5, 0.6) is 0 Å². The van der Waals surface area contributed by atoms with Gasteiger partial charge in [-0.1, -0.05) is 30.5 Å². The molecule has 0 unspecified atom stereocenters. The van der Waals surface area contributed by atoms with Crippen molar-refractivity contribution in [1.29, 1.82) is 0 Å². The number of nitrogens with zero attached hydrogens (tertiary/aromatic N) is 2. The van der Waals surface area contributed by atoms with E-state index in [4.69, 9.17) is 0 Å². The Labute approximate surface area is 147 Å². The first-order valence-electron chi connectivity index (χ1n) is 8.76. The second-order valence-electron chi connectivity index (χ2n) is 6.65. The molecule has 0 bridgehead atoms. The highest BCUT2D eigenvalue weighted by molar-refractivity contribution is 6.00. The number of carbonyl (C=O) groups excluding carboxylic acids is 2. The van der Waals surface area contributed by atoms with E-state index in [2.05, 4.69) is 15.7 Å². The molecule has 132 valence electrons. The van der Waals surface area contributed by atoms with Crippen LogP contribution in [0.1, 0.15) is 54.6 Å². The minimum Gasteiger partial charge on any atom is -0.341 e. The maximum atomic E-state index is 12.4. The summed E-state index contributed by atoms with van der Waals surface area (Å²) in [4.78, 5) is 24.7. The molecule has 1 atom stereocenters. The van der Waals surface area contributed by atoms with Crippen LogP contribution >= 0.6 is 0 Å².